The zero-order valence-corrected chi connectivity index (χ0v) is 8.55. The molecule has 0 saturated carbocycles. The minimum Gasteiger partial charge on any atom is -1.00 e. The Kier molecular flexibility index (Phi) is 5.39. The molecule has 0 aliphatic rings. The topological polar surface area (TPSA) is 37.3 Å². The summed E-state index contributed by atoms with van der Waals surface area (Å²) in [5, 5.41) is 8.61. The first-order valence-corrected chi connectivity index (χ1v) is 3.12. The summed E-state index contributed by atoms with van der Waals surface area (Å²) in [6, 6.07) is 0. The van der Waals surface area contributed by atoms with Crippen molar-refractivity contribution in [3.63, 3.8) is 0 Å². The van der Waals surface area contributed by atoms with Crippen molar-refractivity contribution in [2.45, 2.75) is 27.7 Å². The van der Waals surface area contributed by atoms with Crippen molar-refractivity contribution >= 4 is 29.0 Å². The maximum absolute atomic E-state index is 10.5. The van der Waals surface area contributed by atoms with E-state index in [0.29, 0.717) is 0 Å². The Balaban J connectivity index is -0.000000107. The zero-order chi connectivity index (χ0) is 7.65. The van der Waals surface area contributed by atoms with Crippen LogP contribution in [0.2, 0.25) is 0 Å². The van der Waals surface area contributed by atoms with E-state index in [-0.39, 0.29) is 31.8 Å². The van der Waals surface area contributed by atoms with Crippen molar-refractivity contribution in [3.8, 4) is 0 Å². The molecule has 0 aliphatic carbocycles. The smallest absolute Gasteiger partial charge is 1.00 e. The molecule has 0 spiro atoms. The average Bonchev–Trinajstić information content (AvgIpc) is 1.65. The predicted octanol–water partition coefficient (Wildman–Crippen LogP) is 1.60. The van der Waals surface area contributed by atoms with Crippen molar-refractivity contribution in [1.82, 2.24) is 0 Å². The van der Waals surface area contributed by atoms with Crippen molar-refractivity contribution < 1.29 is 12.8 Å². The molecule has 0 aromatic rings. The summed E-state index contributed by atoms with van der Waals surface area (Å²) >= 11 is 0. The Labute approximate surface area is 81.1 Å². The first kappa shape index (κ1) is 12.9. The SMILES string of the molecule is CC(C)C(C)(C)C(=O)O.[H-].[H-].[Mg+2]. The van der Waals surface area contributed by atoms with Crippen molar-refractivity contribution in [1.29, 1.82) is 0 Å². The van der Waals surface area contributed by atoms with Gasteiger partial charge in [0, 0.05) is 0 Å². The van der Waals surface area contributed by atoms with Gasteiger partial charge < -0.3 is 7.96 Å². The number of carboxylic acid groups (broad SMARTS) is 1. The molecular weight excluding hydrogens is 140 g/mol. The summed E-state index contributed by atoms with van der Waals surface area (Å²) < 4.78 is 0. The quantitative estimate of drug-likeness (QED) is 0.617. The van der Waals surface area contributed by atoms with Crippen LogP contribution in [0.1, 0.15) is 30.5 Å². The number of aliphatic carboxylic acids is 1. The number of hydrogen-bond donors (Lipinski definition) is 1. The van der Waals surface area contributed by atoms with E-state index in [0.717, 1.165) is 0 Å². The molecule has 0 aromatic heterocycles. The van der Waals surface area contributed by atoms with Gasteiger partial charge in [-0.1, -0.05) is 13.8 Å². The van der Waals surface area contributed by atoms with Crippen molar-refractivity contribution in [3.05, 3.63) is 0 Å². The molecule has 0 aromatic carbocycles. The van der Waals surface area contributed by atoms with E-state index >= 15 is 0 Å². The van der Waals surface area contributed by atoms with Crippen LogP contribution in [-0.2, 0) is 4.79 Å². The van der Waals surface area contributed by atoms with E-state index < -0.39 is 11.4 Å². The second-order valence-electron chi connectivity index (χ2n) is 3.18. The summed E-state index contributed by atoms with van der Waals surface area (Å²) in [6.45, 7) is 7.29. The third kappa shape index (κ3) is 2.88. The van der Waals surface area contributed by atoms with Crippen LogP contribution in [-0.4, -0.2) is 34.1 Å². The van der Waals surface area contributed by atoms with E-state index in [4.69, 9.17) is 5.11 Å². The number of carboxylic acids is 1. The molecule has 0 rings (SSSR count). The molecule has 0 atom stereocenters. The fraction of sp³-hybridized carbons (Fsp3) is 0.857. The maximum Gasteiger partial charge on any atom is 2.00 e. The fourth-order valence-electron chi connectivity index (χ4n) is 0.247. The van der Waals surface area contributed by atoms with Crippen molar-refractivity contribution in [2.75, 3.05) is 0 Å². The Morgan fingerprint density at radius 1 is 1.50 bits per heavy atom. The second kappa shape index (κ2) is 4.18. The summed E-state index contributed by atoms with van der Waals surface area (Å²) in [4.78, 5) is 10.5. The number of hydrogen-bond acceptors (Lipinski definition) is 1. The summed E-state index contributed by atoms with van der Waals surface area (Å²) in [7, 11) is 0. The van der Waals surface area contributed by atoms with E-state index in [1.54, 1.807) is 13.8 Å². The Morgan fingerprint density at radius 3 is 1.80 bits per heavy atom. The van der Waals surface area contributed by atoms with E-state index in [1.807, 2.05) is 13.8 Å². The van der Waals surface area contributed by atoms with E-state index in [9.17, 15) is 4.79 Å². The fourth-order valence-corrected chi connectivity index (χ4v) is 0.247. The first-order valence-electron chi connectivity index (χ1n) is 3.12. The predicted molar refractivity (Wildman–Crippen MR) is 44.2 cm³/mol. The maximum atomic E-state index is 10.5. The van der Waals surface area contributed by atoms with Crippen LogP contribution >= 0.6 is 0 Å². The van der Waals surface area contributed by atoms with Crippen LogP contribution in [0, 0.1) is 11.3 Å². The zero-order valence-electron chi connectivity index (χ0n) is 9.14. The van der Waals surface area contributed by atoms with Gasteiger partial charge in [-0.15, -0.1) is 0 Å². The van der Waals surface area contributed by atoms with Gasteiger partial charge in [-0.3, -0.25) is 4.79 Å². The third-order valence-electron chi connectivity index (χ3n) is 1.99. The second-order valence-corrected chi connectivity index (χ2v) is 3.18. The molecule has 0 radical (unpaired) electrons. The first-order chi connectivity index (χ1) is 3.89. The molecule has 0 aliphatic heterocycles. The summed E-state index contributed by atoms with van der Waals surface area (Å²) in [5.74, 6) is -0.535. The average molecular weight is 157 g/mol. The largest absolute Gasteiger partial charge is 2.00 e. The number of rotatable bonds is 2. The van der Waals surface area contributed by atoms with Crippen LogP contribution in [0.3, 0.4) is 0 Å². The van der Waals surface area contributed by atoms with Gasteiger partial charge in [0.1, 0.15) is 0 Å². The van der Waals surface area contributed by atoms with E-state index in [1.165, 1.54) is 0 Å². The summed E-state index contributed by atoms with van der Waals surface area (Å²) in [6.07, 6.45) is 0. The monoisotopic (exact) mass is 156 g/mol. The van der Waals surface area contributed by atoms with Gasteiger partial charge in [0.05, 0.1) is 5.41 Å². The Hall–Kier alpha value is 0.236. The Morgan fingerprint density at radius 2 is 1.80 bits per heavy atom. The molecule has 3 heteroatoms. The molecule has 1 N–H and O–H groups in total. The van der Waals surface area contributed by atoms with Gasteiger partial charge in [0.2, 0.25) is 0 Å². The van der Waals surface area contributed by atoms with Crippen LogP contribution in [0.5, 0.6) is 0 Å². The molecule has 0 saturated heterocycles. The van der Waals surface area contributed by atoms with Gasteiger partial charge in [0.25, 0.3) is 0 Å². The molecule has 0 heterocycles. The molecule has 0 amide bonds. The minimum absolute atomic E-state index is 0. The van der Waals surface area contributed by atoms with Gasteiger partial charge in [-0.05, 0) is 19.8 Å². The Bertz CT molecular complexity index is 127. The van der Waals surface area contributed by atoms with Crippen LogP contribution in [0.15, 0.2) is 0 Å². The third-order valence-corrected chi connectivity index (χ3v) is 1.99. The molecule has 0 bridgehead atoms. The van der Waals surface area contributed by atoms with Gasteiger partial charge in [-0.2, -0.15) is 0 Å². The van der Waals surface area contributed by atoms with Crippen LogP contribution in [0.25, 0.3) is 0 Å². The molecule has 0 unspecified atom stereocenters. The summed E-state index contributed by atoms with van der Waals surface area (Å²) in [5.41, 5.74) is -0.583. The molecule has 10 heavy (non-hydrogen) atoms. The normalized spacial score (nSPS) is 10.9. The molecule has 0 fully saturated rings. The standard InChI is InChI=1S/C7H14O2.Mg.2H/c1-5(2)7(3,4)6(8)9;;;/h5H,1-4H3,(H,8,9);;;/q;+2;2*-1. The molecule has 2 nitrogen and oxygen atoms in total. The minimum atomic E-state index is -0.725. The van der Waals surface area contributed by atoms with Gasteiger partial charge in [0.15, 0.2) is 0 Å². The number of carbonyl (C=O) groups is 1. The van der Waals surface area contributed by atoms with Gasteiger partial charge in [-0.25, -0.2) is 0 Å². The molecule has 58 valence electrons. The van der Waals surface area contributed by atoms with E-state index in [2.05, 4.69) is 0 Å². The van der Waals surface area contributed by atoms with Crippen molar-refractivity contribution in [2.24, 2.45) is 11.3 Å². The molecular formula is C7H16MgO2. The van der Waals surface area contributed by atoms with Gasteiger partial charge >= 0.3 is 29.0 Å². The van der Waals surface area contributed by atoms with Crippen LogP contribution < -0.4 is 0 Å². The van der Waals surface area contributed by atoms with Crippen LogP contribution in [0.4, 0.5) is 0 Å².